The lowest BCUT2D eigenvalue weighted by atomic mass is 9.92. The summed E-state index contributed by atoms with van der Waals surface area (Å²) in [6, 6.07) is 5.40. The average Bonchev–Trinajstić information content (AvgIpc) is 3.49. The highest BCUT2D eigenvalue weighted by Crippen LogP contribution is 2.44. The number of nitrogens with two attached hydrogens (primary N) is 1. The van der Waals surface area contributed by atoms with Crippen LogP contribution in [0.2, 0.25) is 5.02 Å². The Balaban J connectivity index is 1.34. The molecule has 0 amide bonds. The Bertz CT molecular complexity index is 1510. The van der Waals surface area contributed by atoms with Gasteiger partial charge in [-0.2, -0.15) is 17.2 Å². The van der Waals surface area contributed by atoms with Crippen LogP contribution in [-0.2, 0) is 25.1 Å². The molecule has 2 aliphatic rings. The zero-order chi connectivity index (χ0) is 27.9. The number of nitrogens with zero attached hydrogens (tertiary/aromatic N) is 2. The molecule has 0 unspecified atom stereocenters. The van der Waals surface area contributed by atoms with Crippen LogP contribution in [0.25, 0.3) is 0 Å². The standard InChI is InChI=1S/C24H23ClF2N4O6S2/c25-14-1-2-18-16(5-14)22(36-10-24(18,26)27)13-4-20(38-9-13)21(33)17-7-29-11-30-23(17)31-15-3-12(19(32)6-15)8-37-39(28,34)35/h1-2,4-5,7,9,11-12,15,19,22,32H,3,6,8,10H2,(H2,28,34,35)(H,29,30,31)/t12-,15-,19+,22-/m1/s1. The number of carbonyl (C=O) groups is 1. The van der Waals surface area contributed by atoms with Crippen molar-refractivity contribution >= 4 is 44.8 Å². The monoisotopic (exact) mass is 600 g/mol. The van der Waals surface area contributed by atoms with Crippen molar-refractivity contribution < 1.29 is 36.0 Å². The molecule has 1 fully saturated rings. The maximum Gasteiger partial charge on any atom is 0.333 e. The maximum absolute atomic E-state index is 14.4. The molecule has 0 radical (unpaired) electrons. The fourth-order valence-electron chi connectivity index (χ4n) is 4.84. The molecule has 0 bridgehead atoms. The number of carbonyl (C=O) groups excluding carboxylic acids is 1. The summed E-state index contributed by atoms with van der Waals surface area (Å²) in [5.41, 5.74) is 0.771. The van der Waals surface area contributed by atoms with Crippen molar-refractivity contribution in [2.24, 2.45) is 11.1 Å². The molecule has 10 nitrogen and oxygen atoms in total. The van der Waals surface area contributed by atoms with Crippen LogP contribution in [0.4, 0.5) is 14.6 Å². The first-order valence-electron chi connectivity index (χ1n) is 11.8. The summed E-state index contributed by atoms with van der Waals surface area (Å²) in [4.78, 5) is 21.9. The average molecular weight is 601 g/mol. The minimum Gasteiger partial charge on any atom is -0.393 e. The van der Waals surface area contributed by atoms with Gasteiger partial charge in [0.1, 0.15) is 24.9 Å². The predicted octanol–water partition coefficient (Wildman–Crippen LogP) is 3.41. The topological polar surface area (TPSA) is 154 Å². The van der Waals surface area contributed by atoms with Gasteiger partial charge in [0, 0.05) is 28.7 Å². The van der Waals surface area contributed by atoms with Crippen LogP contribution < -0.4 is 10.5 Å². The molecule has 1 aliphatic heterocycles. The highest BCUT2D eigenvalue weighted by molar-refractivity contribution is 7.84. The molecule has 4 N–H and O–H groups in total. The Morgan fingerprint density at radius 2 is 2.13 bits per heavy atom. The van der Waals surface area contributed by atoms with E-state index in [4.69, 9.17) is 21.5 Å². The number of thiophene rings is 1. The largest absolute Gasteiger partial charge is 0.393 e. The Kier molecular flexibility index (Phi) is 7.72. The van der Waals surface area contributed by atoms with Gasteiger partial charge in [-0.15, -0.1) is 11.3 Å². The normalized spacial score (nSPS) is 24.3. The molecule has 0 spiro atoms. The van der Waals surface area contributed by atoms with Gasteiger partial charge in [-0.25, -0.2) is 15.1 Å². The molecule has 208 valence electrons. The van der Waals surface area contributed by atoms with E-state index in [0.717, 1.165) is 11.3 Å². The van der Waals surface area contributed by atoms with E-state index in [-0.39, 0.29) is 41.6 Å². The number of nitrogens with one attached hydrogen (secondary N) is 1. The number of rotatable bonds is 8. The van der Waals surface area contributed by atoms with Gasteiger partial charge in [0.15, 0.2) is 0 Å². The van der Waals surface area contributed by atoms with Gasteiger partial charge in [0.25, 0.3) is 5.92 Å². The molecular formula is C24H23ClF2N4O6S2. The van der Waals surface area contributed by atoms with E-state index in [1.807, 2.05) is 0 Å². The number of hydrogen-bond donors (Lipinski definition) is 3. The lowest BCUT2D eigenvalue weighted by Crippen LogP contribution is -2.30. The van der Waals surface area contributed by atoms with Crippen molar-refractivity contribution in [1.82, 2.24) is 9.97 Å². The summed E-state index contributed by atoms with van der Waals surface area (Å²) in [7, 11) is -4.14. The molecular weight excluding hydrogens is 578 g/mol. The molecule has 4 atom stereocenters. The fourth-order valence-corrected chi connectivity index (χ4v) is 6.26. The summed E-state index contributed by atoms with van der Waals surface area (Å²) in [6.07, 6.45) is 1.58. The maximum atomic E-state index is 14.4. The smallest absolute Gasteiger partial charge is 0.333 e. The van der Waals surface area contributed by atoms with E-state index >= 15 is 0 Å². The van der Waals surface area contributed by atoms with Crippen LogP contribution in [0.5, 0.6) is 0 Å². The number of aliphatic hydroxyl groups is 1. The number of anilines is 1. The quantitative estimate of drug-likeness (QED) is 0.330. The van der Waals surface area contributed by atoms with Gasteiger partial charge in [-0.05, 0) is 47.5 Å². The Hall–Kier alpha value is -2.59. The van der Waals surface area contributed by atoms with Crippen molar-refractivity contribution in [1.29, 1.82) is 0 Å². The first kappa shape index (κ1) is 28.0. The summed E-state index contributed by atoms with van der Waals surface area (Å²) in [5, 5.41) is 20.3. The van der Waals surface area contributed by atoms with E-state index in [9.17, 15) is 27.1 Å². The van der Waals surface area contributed by atoms with Crippen molar-refractivity contribution in [3.8, 4) is 0 Å². The molecule has 5 rings (SSSR count). The Morgan fingerprint density at radius 3 is 2.90 bits per heavy atom. The molecule has 3 heterocycles. The Labute approximate surface area is 231 Å². The Morgan fingerprint density at radius 1 is 1.33 bits per heavy atom. The van der Waals surface area contributed by atoms with Crippen LogP contribution in [0, 0.1) is 5.92 Å². The number of alkyl halides is 2. The molecule has 0 saturated heterocycles. The van der Waals surface area contributed by atoms with E-state index in [0.29, 0.717) is 21.9 Å². The molecule has 1 aliphatic carbocycles. The third kappa shape index (κ3) is 6.11. The third-order valence-corrected chi connectivity index (χ3v) is 8.32. The molecule has 2 aromatic heterocycles. The van der Waals surface area contributed by atoms with Crippen LogP contribution in [0.1, 0.15) is 50.9 Å². The lowest BCUT2D eigenvalue weighted by Gasteiger charge is -2.31. The minimum absolute atomic E-state index is 0.170. The number of ketones is 1. The van der Waals surface area contributed by atoms with E-state index in [1.165, 1.54) is 30.7 Å². The first-order chi connectivity index (χ1) is 18.4. The highest BCUT2D eigenvalue weighted by atomic mass is 35.5. The fraction of sp³-hybridized carbons (Fsp3) is 0.375. The SMILES string of the molecule is NS(=O)(=O)OC[C@H]1C[C@@H](Nc2ncncc2C(=O)c2cc([C@H]3OCC(F)(F)c4ccc(Cl)cc43)cs2)C[C@@H]1O. The summed E-state index contributed by atoms with van der Waals surface area (Å²) >= 11 is 7.20. The zero-order valence-electron chi connectivity index (χ0n) is 20.1. The van der Waals surface area contributed by atoms with Crippen LogP contribution in [0.3, 0.4) is 0 Å². The van der Waals surface area contributed by atoms with E-state index < -0.39 is 46.7 Å². The van der Waals surface area contributed by atoms with Crippen molar-refractivity contribution in [3.05, 3.63) is 74.3 Å². The van der Waals surface area contributed by atoms with Gasteiger partial charge in [-0.3, -0.25) is 8.98 Å². The highest BCUT2D eigenvalue weighted by Gasteiger charge is 2.42. The number of ether oxygens (including phenoxy) is 1. The number of halogens is 3. The molecule has 15 heteroatoms. The molecule has 1 saturated carbocycles. The predicted molar refractivity (Wildman–Crippen MR) is 138 cm³/mol. The number of hydrogen-bond acceptors (Lipinski definition) is 10. The lowest BCUT2D eigenvalue weighted by molar-refractivity contribution is -0.115. The van der Waals surface area contributed by atoms with Gasteiger partial charge >= 0.3 is 10.3 Å². The second kappa shape index (κ2) is 10.8. The number of aliphatic hydroxyl groups excluding tert-OH is 1. The van der Waals surface area contributed by atoms with Crippen LogP contribution in [-0.4, -0.2) is 54.6 Å². The van der Waals surface area contributed by atoms with Gasteiger partial charge in [-0.1, -0.05) is 17.7 Å². The first-order valence-corrected chi connectivity index (χ1v) is 14.5. The van der Waals surface area contributed by atoms with Gasteiger partial charge < -0.3 is 15.2 Å². The molecule has 39 heavy (non-hydrogen) atoms. The van der Waals surface area contributed by atoms with Crippen LogP contribution >= 0.6 is 22.9 Å². The minimum atomic E-state index is -4.14. The van der Waals surface area contributed by atoms with E-state index in [2.05, 4.69) is 19.5 Å². The van der Waals surface area contributed by atoms with Crippen molar-refractivity contribution in [2.75, 3.05) is 18.5 Å². The summed E-state index contributed by atoms with van der Waals surface area (Å²) < 4.78 is 61.2. The number of aromatic nitrogens is 2. The summed E-state index contributed by atoms with van der Waals surface area (Å²) in [6.45, 7) is -1.07. The van der Waals surface area contributed by atoms with Gasteiger partial charge in [0.05, 0.1) is 23.2 Å². The van der Waals surface area contributed by atoms with Crippen molar-refractivity contribution in [2.45, 2.75) is 37.0 Å². The number of benzene rings is 1. The number of fused-ring (bicyclic) bond motifs is 1. The van der Waals surface area contributed by atoms with Crippen LogP contribution in [0.15, 0.2) is 42.2 Å². The van der Waals surface area contributed by atoms with Gasteiger partial charge in [0.2, 0.25) is 5.78 Å². The summed E-state index contributed by atoms with van der Waals surface area (Å²) in [5.74, 6) is -3.80. The second-order valence-electron chi connectivity index (χ2n) is 9.40. The van der Waals surface area contributed by atoms with Crippen molar-refractivity contribution in [3.63, 3.8) is 0 Å². The van der Waals surface area contributed by atoms with E-state index in [1.54, 1.807) is 11.4 Å². The molecule has 1 aromatic carbocycles. The second-order valence-corrected chi connectivity index (χ2v) is 12.0. The zero-order valence-corrected chi connectivity index (χ0v) is 22.5. The third-order valence-electron chi connectivity index (χ3n) is 6.67. The molecule has 3 aromatic rings.